The standard InChI is InChI=1S/C20H36N6O2/c1-5-21-17(22-14-20(25(3)4)10-6-7-11-20)26-12-8-15(9-13-26)19(2)16(27)23-18(28)24-19/h15H,5-14H2,1-4H3,(H,21,22)(H2,23,24,27,28). The van der Waals surface area contributed by atoms with E-state index in [4.69, 9.17) is 4.99 Å². The molecule has 3 aliphatic rings. The molecule has 1 atom stereocenters. The van der Waals surface area contributed by atoms with Crippen molar-refractivity contribution in [2.45, 2.75) is 63.5 Å². The van der Waals surface area contributed by atoms with Gasteiger partial charge >= 0.3 is 6.03 Å². The molecule has 0 aromatic heterocycles. The molecular formula is C20H36N6O2. The molecule has 3 N–H and O–H groups in total. The number of carbonyl (C=O) groups is 2. The van der Waals surface area contributed by atoms with E-state index in [0.717, 1.165) is 45.0 Å². The SMILES string of the molecule is CCNC(=NCC1(N(C)C)CCCC1)N1CCC(C2(C)NC(=O)NC2=O)CC1. The Morgan fingerprint density at radius 3 is 2.39 bits per heavy atom. The summed E-state index contributed by atoms with van der Waals surface area (Å²) in [6.45, 7) is 7.27. The number of likely N-dealkylation sites (N-methyl/N-ethyl adjacent to an activating group) is 1. The molecule has 3 fully saturated rings. The highest BCUT2D eigenvalue weighted by Gasteiger charge is 2.48. The van der Waals surface area contributed by atoms with E-state index in [-0.39, 0.29) is 23.4 Å². The predicted molar refractivity (Wildman–Crippen MR) is 110 cm³/mol. The average Bonchev–Trinajstić information content (AvgIpc) is 3.24. The first-order valence-electron chi connectivity index (χ1n) is 10.6. The maximum Gasteiger partial charge on any atom is 0.322 e. The van der Waals surface area contributed by atoms with Crippen LogP contribution in [-0.2, 0) is 4.79 Å². The highest BCUT2D eigenvalue weighted by Crippen LogP contribution is 2.34. The molecule has 2 saturated heterocycles. The second kappa shape index (κ2) is 8.27. The number of hydrogen-bond acceptors (Lipinski definition) is 4. The number of hydrogen-bond donors (Lipinski definition) is 3. The quantitative estimate of drug-likeness (QED) is 0.371. The molecule has 1 aliphatic carbocycles. The fourth-order valence-corrected chi connectivity index (χ4v) is 4.94. The topological polar surface area (TPSA) is 89.1 Å². The van der Waals surface area contributed by atoms with Gasteiger partial charge in [-0.15, -0.1) is 0 Å². The Balaban J connectivity index is 1.64. The van der Waals surface area contributed by atoms with E-state index >= 15 is 0 Å². The fourth-order valence-electron chi connectivity index (χ4n) is 4.94. The number of amides is 3. The van der Waals surface area contributed by atoms with E-state index < -0.39 is 5.54 Å². The van der Waals surface area contributed by atoms with Crippen molar-refractivity contribution in [2.75, 3.05) is 40.3 Å². The van der Waals surface area contributed by atoms with E-state index in [1.807, 2.05) is 6.92 Å². The Kier molecular flexibility index (Phi) is 6.17. The molecule has 28 heavy (non-hydrogen) atoms. The van der Waals surface area contributed by atoms with Gasteiger partial charge in [-0.2, -0.15) is 0 Å². The molecule has 8 nitrogen and oxygen atoms in total. The van der Waals surface area contributed by atoms with Gasteiger partial charge in [0, 0.05) is 25.2 Å². The molecule has 0 spiro atoms. The highest BCUT2D eigenvalue weighted by atomic mass is 16.2. The van der Waals surface area contributed by atoms with Crippen molar-refractivity contribution in [3.05, 3.63) is 0 Å². The smallest absolute Gasteiger partial charge is 0.322 e. The fraction of sp³-hybridized carbons (Fsp3) is 0.850. The summed E-state index contributed by atoms with van der Waals surface area (Å²) in [5.74, 6) is 0.908. The molecule has 2 aliphatic heterocycles. The summed E-state index contributed by atoms with van der Waals surface area (Å²) in [5.41, 5.74) is -0.615. The second-order valence-electron chi connectivity index (χ2n) is 8.87. The zero-order chi connectivity index (χ0) is 20.4. The molecule has 2 heterocycles. The van der Waals surface area contributed by atoms with Crippen LogP contribution in [0.5, 0.6) is 0 Å². The molecule has 1 saturated carbocycles. The van der Waals surface area contributed by atoms with E-state index in [0.29, 0.717) is 0 Å². The van der Waals surface area contributed by atoms with Gasteiger partial charge in [-0.05, 0) is 59.5 Å². The summed E-state index contributed by atoms with van der Waals surface area (Å²) in [7, 11) is 4.34. The minimum absolute atomic E-state index is 0.140. The Hall–Kier alpha value is -1.83. The van der Waals surface area contributed by atoms with Crippen molar-refractivity contribution >= 4 is 17.9 Å². The zero-order valence-corrected chi connectivity index (χ0v) is 17.8. The van der Waals surface area contributed by atoms with Gasteiger partial charge in [-0.1, -0.05) is 12.8 Å². The number of carbonyl (C=O) groups excluding carboxylic acids is 2. The summed E-state index contributed by atoms with van der Waals surface area (Å²) in [6, 6.07) is -0.379. The van der Waals surface area contributed by atoms with Gasteiger partial charge in [0.15, 0.2) is 5.96 Å². The molecule has 3 rings (SSSR count). The van der Waals surface area contributed by atoms with Crippen LogP contribution in [0.2, 0.25) is 0 Å². The minimum Gasteiger partial charge on any atom is -0.357 e. The van der Waals surface area contributed by atoms with Crippen LogP contribution in [0.4, 0.5) is 4.79 Å². The number of likely N-dealkylation sites (tertiary alicyclic amines) is 1. The number of nitrogens with one attached hydrogen (secondary N) is 3. The first-order chi connectivity index (χ1) is 13.3. The first-order valence-corrected chi connectivity index (χ1v) is 10.6. The molecule has 1 unspecified atom stereocenters. The summed E-state index contributed by atoms with van der Waals surface area (Å²) in [6.07, 6.45) is 6.68. The molecule has 0 aromatic carbocycles. The lowest BCUT2D eigenvalue weighted by atomic mass is 9.79. The Labute approximate surface area is 168 Å². The van der Waals surface area contributed by atoms with Crippen LogP contribution >= 0.6 is 0 Å². The number of piperidine rings is 1. The van der Waals surface area contributed by atoms with Crippen molar-refractivity contribution in [3.8, 4) is 0 Å². The van der Waals surface area contributed by atoms with Gasteiger partial charge in [0.1, 0.15) is 5.54 Å². The van der Waals surface area contributed by atoms with E-state index in [1.165, 1.54) is 25.7 Å². The van der Waals surface area contributed by atoms with Crippen molar-refractivity contribution in [2.24, 2.45) is 10.9 Å². The number of rotatable bonds is 5. The zero-order valence-electron chi connectivity index (χ0n) is 17.8. The summed E-state index contributed by atoms with van der Waals surface area (Å²) < 4.78 is 0. The van der Waals surface area contributed by atoms with E-state index in [9.17, 15) is 9.59 Å². The van der Waals surface area contributed by atoms with Gasteiger partial charge in [0.05, 0.1) is 6.54 Å². The predicted octanol–water partition coefficient (Wildman–Crippen LogP) is 1.14. The maximum absolute atomic E-state index is 12.2. The Bertz CT molecular complexity index is 620. The van der Waals surface area contributed by atoms with Crippen LogP contribution in [0.25, 0.3) is 0 Å². The van der Waals surface area contributed by atoms with Gasteiger partial charge in [0.25, 0.3) is 5.91 Å². The van der Waals surface area contributed by atoms with Crippen LogP contribution in [-0.4, -0.2) is 79.0 Å². The van der Waals surface area contributed by atoms with Gasteiger partial charge in [0.2, 0.25) is 0 Å². The number of imide groups is 1. The molecule has 0 radical (unpaired) electrons. The highest BCUT2D eigenvalue weighted by molar-refractivity contribution is 6.07. The van der Waals surface area contributed by atoms with E-state index in [2.05, 4.69) is 46.8 Å². The third-order valence-electron chi connectivity index (χ3n) is 7.02. The Morgan fingerprint density at radius 1 is 1.25 bits per heavy atom. The summed E-state index contributed by atoms with van der Waals surface area (Å²) in [5, 5.41) is 8.66. The van der Waals surface area contributed by atoms with Gasteiger partial charge in [-0.25, -0.2) is 4.79 Å². The van der Waals surface area contributed by atoms with Crippen molar-refractivity contribution < 1.29 is 9.59 Å². The second-order valence-corrected chi connectivity index (χ2v) is 8.87. The van der Waals surface area contributed by atoms with Crippen molar-refractivity contribution in [1.29, 1.82) is 0 Å². The Morgan fingerprint density at radius 2 is 1.89 bits per heavy atom. The molecule has 3 amide bonds. The van der Waals surface area contributed by atoms with Gasteiger partial charge < -0.3 is 20.4 Å². The number of aliphatic imine (C=N–C) groups is 1. The molecule has 158 valence electrons. The van der Waals surface area contributed by atoms with Crippen LogP contribution < -0.4 is 16.0 Å². The number of nitrogens with zero attached hydrogens (tertiary/aromatic N) is 3. The van der Waals surface area contributed by atoms with Crippen LogP contribution in [0, 0.1) is 5.92 Å². The van der Waals surface area contributed by atoms with Crippen molar-refractivity contribution in [1.82, 2.24) is 25.8 Å². The monoisotopic (exact) mass is 392 g/mol. The lowest BCUT2D eigenvalue weighted by molar-refractivity contribution is -0.125. The largest absolute Gasteiger partial charge is 0.357 e. The molecule has 0 aromatic rings. The summed E-state index contributed by atoms with van der Waals surface area (Å²) >= 11 is 0. The average molecular weight is 393 g/mol. The minimum atomic E-state index is -0.794. The van der Waals surface area contributed by atoms with Crippen LogP contribution in [0.3, 0.4) is 0 Å². The first kappa shape index (κ1) is 20.9. The molecular weight excluding hydrogens is 356 g/mol. The lowest BCUT2D eigenvalue weighted by Crippen LogP contribution is -2.55. The van der Waals surface area contributed by atoms with Crippen molar-refractivity contribution in [3.63, 3.8) is 0 Å². The van der Waals surface area contributed by atoms with Crippen LogP contribution in [0.15, 0.2) is 4.99 Å². The number of urea groups is 1. The molecule has 8 heteroatoms. The number of guanidine groups is 1. The molecule has 0 bridgehead atoms. The normalized spacial score (nSPS) is 28.6. The van der Waals surface area contributed by atoms with Crippen LogP contribution in [0.1, 0.15) is 52.4 Å². The maximum atomic E-state index is 12.2. The third kappa shape index (κ3) is 3.97. The summed E-state index contributed by atoms with van der Waals surface area (Å²) in [4.78, 5) is 33.5. The van der Waals surface area contributed by atoms with Gasteiger partial charge in [-0.3, -0.25) is 15.1 Å². The third-order valence-corrected chi connectivity index (χ3v) is 7.02. The van der Waals surface area contributed by atoms with E-state index in [1.54, 1.807) is 0 Å². The lowest BCUT2D eigenvalue weighted by Gasteiger charge is -2.40.